The average Bonchev–Trinajstić information content (AvgIpc) is 3.13. The van der Waals surface area contributed by atoms with Crippen molar-refractivity contribution in [2.75, 3.05) is 18.1 Å². The largest absolute Gasteiger partial charge is 0.438 e. The second-order valence-corrected chi connectivity index (χ2v) is 7.42. The molecule has 3 aromatic rings. The first-order valence-electron chi connectivity index (χ1n) is 9.82. The summed E-state index contributed by atoms with van der Waals surface area (Å²) in [5.74, 6) is 5.67. The number of hydrogen-bond acceptors (Lipinski definition) is 7. The van der Waals surface area contributed by atoms with Gasteiger partial charge in [-0.25, -0.2) is 14.5 Å². The summed E-state index contributed by atoms with van der Waals surface area (Å²) < 4.78 is 12.8. The van der Waals surface area contributed by atoms with E-state index in [1.807, 2.05) is 12.1 Å². The molecule has 3 heterocycles. The molecule has 9 heteroatoms. The lowest BCUT2D eigenvalue weighted by Gasteiger charge is -2.17. The summed E-state index contributed by atoms with van der Waals surface area (Å²) in [7, 11) is 0. The summed E-state index contributed by atoms with van der Waals surface area (Å²) in [6.07, 6.45) is 12.8. The number of carbonyl (C=O) groups excluding carboxylic acids is 1. The zero-order valence-electron chi connectivity index (χ0n) is 16.8. The Morgan fingerprint density at radius 2 is 2.19 bits per heavy atom. The van der Waals surface area contributed by atoms with E-state index in [0.29, 0.717) is 30.1 Å². The van der Waals surface area contributed by atoms with Gasteiger partial charge in [0.2, 0.25) is 0 Å². The highest BCUT2D eigenvalue weighted by atomic mass is 16.6. The van der Waals surface area contributed by atoms with Crippen LogP contribution in [0.4, 0.5) is 10.5 Å². The van der Waals surface area contributed by atoms with Crippen LogP contribution in [0.3, 0.4) is 0 Å². The first-order chi connectivity index (χ1) is 15.6. The van der Waals surface area contributed by atoms with Crippen molar-refractivity contribution >= 4 is 11.8 Å². The number of aliphatic hydroxyl groups excluding tert-OH is 1. The van der Waals surface area contributed by atoms with Crippen LogP contribution in [-0.4, -0.2) is 49.9 Å². The minimum Gasteiger partial charge on any atom is -0.438 e. The van der Waals surface area contributed by atoms with E-state index in [2.05, 4.69) is 33.2 Å². The fraction of sp³-hybridized carbons (Fsp3) is 0.217. The van der Waals surface area contributed by atoms with E-state index in [4.69, 9.17) is 21.0 Å². The van der Waals surface area contributed by atoms with E-state index >= 15 is 0 Å². The molecule has 2 aromatic heterocycles. The summed E-state index contributed by atoms with van der Waals surface area (Å²) >= 11 is 0. The average molecular weight is 427 g/mol. The molecule has 1 saturated heterocycles. The molecule has 1 amide bonds. The predicted molar refractivity (Wildman–Crippen MR) is 113 cm³/mol. The van der Waals surface area contributed by atoms with Gasteiger partial charge in [0.25, 0.3) is 0 Å². The number of anilines is 1. The SMILES string of the molecule is C#COc1cc(-c2ccc(C#CCO)nc2)ccc1N1CC2(C[C@@H]2n2ccnn2)OC1=O. The molecule has 2 aliphatic rings. The Morgan fingerprint density at radius 3 is 2.91 bits per heavy atom. The number of hydrogen-bond donors (Lipinski definition) is 1. The molecule has 1 saturated carbocycles. The molecular weight excluding hydrogens is 410 g/mol. The second kappa shape index (κ2) is 7.73. The van der Waals surface area contributed by atoms with Crippen molar-refractivity contribution in [2.24, 2.45) is 0 Å². The molecular formula is C23H17N5O4. The number of rotatable bonds is 4. The number of carbonyl (C=O) groups is 1. The third-order valence-electron chi connectivity index (χ3n) is 5.49. The van der Waals surface area contributed by atoms with Crippen LogP contribution in [0, 0.1) is 24.4 Å². The topological polar surface area (TPSA) is 103 Å². The van der Waals surface area contributed by atoms with Crippen LogP contribution < -0.4 is 9.64 Å². The van der Waals surface area contributed by atoms with Crippen LogP contribution in [-0.2, 0) is 4.74 Å². The van der Waals surface area contributed by atoms with Gasteiger partial charge in [0.15, 0.2) is 11.4 Å². The molecule has 1 aliphatic heterocycles. The Bertz CT molecular complexity index is 1270. The van der Waals surface area contributed by atoms with E-state index in [1.54, 1.807) is 41.5 Å². The highest BCUT2D eigenvalue weighted by Gasteiger charge is 2.65. The molecule has 32 heavy (non-hydrogen) atoms. The van der Waals surface area contributed by atoms with Crippen LogP contribution in [0.15, 0.2) is 48.9 Å². The second-order valence-electron chi connectivity index (χ2n) is 7.42. The zero-order chi connectivity index (χ0) is 22.1. The van der Waals surface area contributed by atoms with E-state index < -0.39 is 11.7 Å². The third kappa shape index (κ3) is 3.41. The molecule has 2 atom stereocenters. The number of pyridine rings is 1. The molecule has 1 spiro atoms. The van der Waals surface area contributed by atoms with E-state index in [9.17, 15) is 4.79 Å². The van der Waals surface area contributed by atoms with E-state index in [0.717, 1.165) is 11.1 Å². The first kappa shape index (κ1) is 19.6. The number of amides is 1. The maximum Gasteiger partial charge on any atom is 0.415 e. The number of aromatic nitrogens is 4. The zero-order valence-corrected chi connectivity index (χ0v) is 16.8. The van der Waals surface area contributed by atoms with Gasteiger partial charge in [-0.15, -0.1) is 5.10 Å². The van der Waals surface area contributed by atoms with Crippen LogP contribution in [0.25, 0.3) is 11.1 Å². The van der Waals surface area contributed by atoms with E-state index in [-0.39, 0.29) is 12.6 Å². The molecule has 5 rings (SSSR count). The van der Waals surface area contributed by atoms with Crippen molar-refractivity contribution in [1.29, 1.82) is 0 Å². The highest BCUT2D eigenvalue weighted by molar-refractivity contribution is 5.93. The van der Waals surface area contributed by atoms with Gasteiger partial charge >= 0.3 is 6.09 Å². The van der Waals surface area contributed by atoms with Crippen LogP contribution >= 0.6 is 0 Å². The Labute approximate surface area is 183 Å². The van der Waals surface area contributed by atoms with Gasteiger partial charge in [-0.1, -0.05) is 29.7 Å². The minimum atomic E-state index is -0.633. The van der Waals surface area contributed by atoms with Crippen LogP contribution in [0.1, 0.15) is 18.2 Å². The number of ether oxygens (including phenoxy) is 2. The minimum absolute atomic E-state index is 0.0475. The fourth-order valence-corrected chi connectivity index (χ4v) is 3.87. The van der Waals surface area contributed by atoms with Gasteiger partial charge in [-0.2, -0.15) is 0 Å². The highest BCUT2D eigenvalue weighted by Crippen LogP contribution is 2.55. The number of terminal acetylenes is 1. The first-order valence-corrected chi connectivity index (χ1v) is 9.82. The Balaban J connectivity index is 1.41. The quantitative estimate of drug-likeness (QED) is 0.635. The van der Waals surface area contributed by atoms with Crippen molar-refractivity contribution in [1.82, 2.24) is 20.0 Å². The fourth-order valence-electron chi connectivity index (χ4n) is 3.87. The lowest BCUT2D eigenvalue weighted by atomic mass is 10.1. The maximum atomic E-state index is 12.7. The van der Waals surface area contributed by atoms with E-state index in [1.165, 1.54) is 4.90 Å². The molecule has 9 nitrogen and oxygen atoms in total. The van der Waals surface area contributed by atoms with Crippen LogP contribution in [0.2, 0.25) is 0 Å². The molecule has 1 aliphatic carbocycles. The maximum absolute atomic E-state index is 12.7. The number of benzene rings is 1. The summed E-state index contributed by atoms with van der Waals surface area (Å²) in [5, 5.41) is 16.6. The van der Waals surface area contributed by atoms with Crippen molar-refractivity contribution in [2.45, 2.75) is 18.1 Å². The third-order valence-corrected chi connectivity index (χ3v) is 5.49. The number of aliphatic hydroxyl groups is 1. The lowest BCUT2D eigenvalue weighted by molar-refractivity contribution is 0.118. The lowest BCUT2D eigenvalue weighted by Crippen LogP contribution is -2.26. The molecule has 1 N–H and O–H groups in total. The normalized spacial score (nSPS) is 20.9. The van der Waals surface area contributed by atoms with Gasteiger partial charge in [0.05, 0.1) is 24.5 Å². The van der Waals surface area contributed by atoms with Crippen LogP contribution in [0.5, 0.6) is 5.75 Å². The smallest absolute Gasteiger partial charge is 0.415 e. The summed E-state index contributed by atoms with van der Waals surface area (Å²) in [4.78, 5) is 18.5. The Hall–Kier alpha value is -4.34. The van der Waals surface area contributed by atoms with Gasteiger partial charge in [-0.3, -0.25) is 4.90 Å². The predicted octanol–water partition coefficient (Wildman–Crippen LogP) is 1.99. The monoisotopic (exact) mass is 427 g/mol. The summed E-state index contributed by atoms with van der Waals surface area (Å²) in [6, 6.07) is 8.95. The van der Waals surface area contributed by atoms with Crippen molar-refractivity contribution in [3.63, 3.8) is 0 Å². The molecule has 1 aromatic carbocycles. The van der Waals surface area contributed by atoms with Crippen molar-refractivity contribution in [3.8, 4) is 41.2 Å². The Morgan fingerprint density at radius 1 is 1.31 bits per heavy atom. The molecule has 2 fully saturated rings. The molecule has 1 unspecified atom stereocenters. The van der Waals surface area contributed by atoms with Gasteiger partial charge in [0, 0.05) is 24.4 Å². The summed E-state index contributed by atoms with van der Waals surface area (Å²) in [6.45, 7) is 0.133. The standard InChI is InChI=1S/C23H17N5O4/c1-2-31-20-12-16(17-5-7-18(24-14-17)4-3-11-29)6-8-19(20)27-15-23(32-22(27)30)13-21(23)28-10-9-25-26-28/h1,5-10,12,14,21,29H,11,13,15H2/t21-,23?/m0/s1. The Kier molecular flexibility index (Phi) is 4.74. The molecule has 158 valence electrons. The van der Waals surface area contributed by atoms with Gasteiger partial charge < -0.3 is 14.6 Å². The number of nitrogens with zero attached hydrogens (tertiary/aromatic N) is 5. The molecule has 0 bridgehead atoms. The van der Waals surface area contributed by atoms with Gasteiger partial charge in [0.1, 0.15) is 18.4 Å². The summed E-state index contributed by atoms with van der Waals surface area (Å²) in [5.41, 5.74) is 2.07. The van der Waals surface area contributed by atoms with Gasteiger partial charge in [-0.05, 0) is 29.7 Å². The molecule has 0 radical (unpaired) electrons. The van der Waals surface area contributed by atoms with Crippen molar-refractivity contribution in [3.05, 3.63) is 54.6 Å². The van der Waals surface area contributed by atoms with Crippen molar-refractivity contribution < 1.29 is 19.4 Å².